The van der Waals surface area contributed by atoms with E-state index in [1.165, 1.54) is 152 Å². The van der Waals surface area contributed by atoms with Crippen LogP contribution >= 0.6 is 72.3 Å². The molecule has 0 atom stereocenters. The summed E-state index contributed by atoms with van der Waals surface area (Å²) in [4.78, 5) is 0. The van der Waals surface area contributed by atoms with Crippen molar-refractivity contribution in [3.63, 3.8) is 0 Å². The van der Waals surface area contributed by atoms with E-state index in [4.69, 9.17) is 0 Å². The van der Waals surface area contributed by atoms with Gasteiger partial charge in [0.25, 0.3) is 0 Å². The molecule has 8 heteroatoms. The summed E-state index contributed by atoms with van der Waals surface area (Å²) >= 11 is 13.3. The van der Waals surface area contributed by atoms with Crippen molar-refractivity contribution in [2.45, 2.75) is 152 Å². The molecule has 304 valence electrons. The van der Waals surface area contributed by atoms with Gasteiger partial charge in [0, 0.05) is 0 Å². The van der Waals surface area contributed by atoms with Gasteiger partial charge in [-0.3, -0.25) is 0 Å². The van der Waals surface area contributed by atoms with E-state index in [1.54, 1.807) is 21.0 Å². The first kappa shape index (κ1) is 57.5. The summed E-state index contributed by atoms with van der Waals surface area (Å²) in [5.41, 5.74) is 0. The molecule has 0 radical (unpaired) electrons. The molecule has 0 aromatic rings. The van der Waals surface area contributed by atoms with Crippen LogP contribution in [0.3, 0.4) is 0 Å². The predicted molar refractivity (Wildman–Crippen MR) is 270 cm³/mol. The van der Waals surface area contributed by atoms with Crippen molar-refractivity contribution in [1.29, 1.82) is 0 Å². The maximum Gasteiger partial charge on any atom is -0.00979 e. The van der Waals surface area contributed by atoms with Crippen molar-refractivity contribution in [3.8, 4) is 0 Å². The van der Waals surface area contributed by atoms with Crippen molar-refractivity contribution in [1.82, 2.24) is 0 Å². The fourth-order valence-electron chi connectivity index (χ4n) is 6.62. The van der Waals surface area contributed by atoms with E-state index in [-0.39, 0.29) is 0 Å². The Bertz CT molecular complexity index is 639. The summed E-state index contributed by atoms with van der Waals surface area (Å²) in [6.45, 7) is 20.0. The first-order valence-electron chi connectivity index (χ1n) is 20.7. The zero-order chi connectivity index (χ0) is 38.6. The Balaban J connectivity index is -0.000000937. The number of thioether (sulfide) groups is 4. The van der Waals surface area contributed by atoms with E-state index in [9.17, 15) is 0 Å². The summed E-state index contributed by atoms with van der Waals surface area (Å²) in [5.74, 6) is 10.5. The zero-order valence-corrected chi connectivity index (χ0v) is 43.8. The molecule has 0 saturated heterocycles. The molecule has 0 nitrogen and oxygen atoms in total. The third kappa shape index (κ3) is 41.6. The van der Waals surface area contributed by atoms with E-state index in [2.05, 4.69) is 149 Å². The minimum Gasteiger partial charge on any atom is -0.179 e. The van der Waals surface area contributed by atoms with Crippen LogP contribution in [0.5, 0.6) is 0 Å². The van der Waals surface area contributed by atoms with Crippen LogP contribution in [-0.4, -0.2) is 85.1 Å². The molecule has 0 heterocycles. The van der Waals surface area contributed by atoms with Crippen molar-refractivity contribution < 1.29 is 0 Å². The molecule has 0 saturated carbocycles. The summed E-state index contributed by atoms with van der Waals surface area (Å²) in [6.07, 6.45) is 34.0. The average molecular weight is 943 g/mol. The molecule has 0 aliphatic heterocycles. The Morgan fingerprint density at radius 2 is 0.725 bits per heavy atom. The van der Waals surface area contributed by atoms with Crippen LogP contribution in [0.4, 0.5) is 0 Å². The van der Waals surface area contributed by atoms with Crippen LogP contribution < -0.4 is 0 Å². The molecule has 0 aromatic carbocycles. The van der Waals surface area contributed by atoms with Gasteiger partial charge < -0.3 is 0 Å². The summed E-state index contributed by atoms with van der Waals surface area (Å²) in [6, 6.07) is 0. The molecule has 0 aliphatic carbocycles. The second-order valence-electron chi connectivity index (χ2n) is 14.2. The molecular weight excluding hydrogens is 854 g/mol. The van der Waals surface area contributed by atoms with Crippen LogP contribution in [0.15, 0.2) is 50.6 Å². The number of hydrogen-bond acceptors (Lipinski definition) is 6. The Hall–Kier alpha value is 2.15. The number of allylic oxidation sites excluding steroid dienone is 4. The standard InChI is InChI=1S/C26H56GeS4.C12H20Ge.C5H12S2/c1-5-7-9-11-23-30-25-15-19-27(17-13-21-28-3,18-14-22-29-4)20-16-26-31-24-12-10-8-6-2;1-5-9-13(10-6-2,11-7-3)12-8-4;6-4-2-1-3-5-7/h5-26H2,1-4H3;5-8H,1-4,9-12H2;6-7H,1-5H2. The Morgan fingerprint density at radius 1 is 0.412 bits per heavy atom. The second kappa shape index (κ2) is 48.3. The van der Waals surface area contributed by atoms with Crippen molar-refractivity contribution in [2.75, 3.05) is 58.5 Å². The van der Waals surface area contributed by atoms with Gasteiger partial charge in [0.15, 0.2) is 0 Å². The number of thiol groups is 2. The third-order valence-electron chi connectivity index (χ3n) is 9.51. The SMILES string of the molecule is C=C[CH2][Ge]([CH2]C=C)([CH2]C=C)[CH2]C=C.CCCCCCSCC[CH2][Ge]([CH2]CCSC)([CH2]CCSC)[CH2]CCSCCCCCC.SCCCCCS. The topological polar surface area (TPSA) is 0 Å². The fraction of sp³-hybridized carbons (Fsp3) is 0.814. The van der Waals surface area contributed by atoms with Gasteiger partial charge in [-0.05, 0) is 24.3 Å². The van der Waals surface area contributed by atoms with E-state index < -0.39 is 26.5 Å². The first-order valence-corrected chi connectivity index (χ1v) is 38.9. The van der Waals surface area contributed by atoms with Crippen LogP contribution in [0.1, 0.15) is 110 Å². The second-order valence-corrected chi connectivity index (χ2v) is 39.8. The molecule has 0 aromatic heterocycles. The number of unbranched alkanes of at least 4 members (excludes halogenated alkanes) is 8. The Labute approximate surface area is 356 Å². The molecule has 0 fully saturated rings. The van der Waals surface area contributed by atoms with Gasteiger partial charge in [-0.25, -0.2) is 0 Å². The maximum atomic E-state index is 4.07. The molecule has 0 unspecified atom stereocenters. The third-order valence-corrected chi connectivity index (χ3v) is 35.4. The van der Waals surface area contributed by atoms with Crippen molar-refractivity contribution in [2.24, 2.45) is 0 Å². The van der Waals surface area contributed by atoms with E-state index in [0.29, 0.717) is 0 Å². The van der Waals surface area contributed by atoms with Crippen LogP contribution in [-0.2, 0) is 0 Å². The van der Waals surface area contributed by atoms with Gasteiger partial charge in [0.2, 0.25) is 0 Å². The van der Waals surface area contributed by atoms with Gasteiger partial charge in [0.05, 0.1) is 0 Å². The van der Waals surface area contributed by atoms with Crippen LogP contribution in [0, 0.1) is 0 Å². The zero-order valence-electron chi connectivity index (χ0n) is 34.6. The molecule has 0 N–H and O–H groups in total. The summed E-state index contributed by atoms with van der Waals surface area (Å²) in [5, 5.41) is 11.4. The van der Waals surface area contributed by atoms with E-state index in [0.717, 1.165) is 11.5 Å². The molecule has 0 amide bonds. The van der Waals surface area contributed by atoms with E-state index >= 15 is 0 Å². The molecule has 0 aliphatic rings. The smallest absolute Gasteiger partial charge is 0.00979 e. The Kier molecular flexibility index (Phi) is 54.4. The van der Waals surface area contributed by atoms with Gasteiger partial charge in [-0.15, -0.1) is 0 Å². The van der Waals surface area contributed by atoms with Crippen molar-refractivity contribution in [3.05, 3.63) is 50.6 Å². The van der Waals surface area contributed by atoms with Gasteiger partial charge in [-0.1, -0.05) is 6.42 Å². The summed E-state index contributed by atoms with van der Waals surface area (Å²) in [7, 11) is 0. The molecule has 0 rings (SSSR count). The van der Waals surface area contributed by atoms with Crippen LogP contribution in [0.25, 0.3) is 0 Å². The molecular formula is C43H88Ge2S6. The molecule has 0 spiro atoms. The molecule has 0 bridgehead atoms. The average Bonchev–Trinajstić information content (AvgIpc) is 3.12. The maximum absolute atomic E-state index is 4.07. The predicted octanol–water partition coefficient (Wildman–Crippen LogP) is 16.5. The van der Waals surface area contributed by atoms with Gasteiger partial charge in [-0.2, -0.15) is 25.3 Å². The number of hydrogen-bond donors (Lipinski definition) is 2. The quantitative estimate of drug-likeness (QED) is 0.0274. The number of rotatable bonds is 38. The monoisotopic (exact) mass is 944 g/mol. The minimum atomic E-state index is -1.79. The van der Waals surface area contributed by atoms with Crippen LogP contribution in [0.2, 0.25) is 42.0 Å². The largest absolute Gasteiger partial charge is 0.179 e. The minimum absolute atomic E-state index is 1.02. The van der Waals surface area contributed by atoms with Gasteiger partial charge >= 0.3 is 304 Å². The Morgan fingerprint density at radius 3 is 1.02 bits per heavy atom. The first-order chi connectivity index (χ1) is 24.9. The van der Waals surface area contributed by atoms with Crippen molar-refractivity contribution >= 4 is 98.8 Å². The summed E-state index contributed by atoms with van der Waals surface area (Å²) < 4.78 is 0. The molecule has 51 heavy (non-hydrogen) atoms. The van der Waals surface area contributed by atoms with E-state index in [1.807, 2.05) is 0 Å². The fourth-order valence-corrected chi connectivity index (χ4v) is 30.2. The van der Waals surface area contributed by atoms with Gasteiger partial charge in [0.1, 0.15) is 0 Å². The normalized spacial score (nSPS) is 11.3.